The molecule has 0 saturated carbocycles. The van der Waals surface area contributed by atoms with E-state index in [1.54, 1.807) is 19.1 Å². The first-order chi connectivity index (χ1) is 9.71. The van der Waals surface area contributed by atoms with Gasteiger partial charge in [0.25, 0.3) is 5.91 Å². The number of nitrogens with two attached hydrogens (primary N) is 2. The summed E-state index contributed by atoms with van der Waals surface area (Å²) in [6.07, 6.45) is -4.41. The van der Waals surface area contributed by atoms with Crippen molar-refractivity contribution in [1.82, 2.24) is 0 Å². The number of carbonyl (C=O) groups excluding carboxylic acids is 1. The zero-order valence-electron chi connectivity index (χ0n) is 11.2. The van der Waals surface area contributed by atoms with E-state index >= 15 is 0 Å². The van der Waals surface area contributed by atoms with Gasteiger partial charge in [0, 0.05) is 5.69 Å². The van der Waals surface area contributed by atoms with Crippen molar-refractivity contribution in [2.75, 3.05) is 5.73 Å². The smallest absolute Gasteiger partial charge is 0.398 e. The highest BCUT2D eigenvalue weighted by molar-refractivity contribution is 6.04. The number of benzene rings is 2. The summed E-state index contributed by atoms with van der Waals surface area (Å²) in [5.74, 6) is -0.720. The average Bonchev–Trinajstić information content (AvgIpc) is 2.36. The lowest BCUT2D eigenvalue weighted by atomic mass is 9.93. The minimum Gasteiger partial charge on any atom is -0.398 e. The summed E-state index contributed by atoms with van der Waals surface area (Å²) in [5, 5.41) is 0. The standard InChI is InChI=1S/C15H13F3N2O/c1-8-7-9(15(16,17)18)5-6-10(8)11-3-2-4-12(19)13(11)14(20)21/h2-7H,19H2,1H3,(H2,20,21). The molecule has 0 unspecified atom stereocenters. The molecule has 6 heteroatoms. The van der Waals surface area contributed by atoms with Gasteiger partial charge in [0.15, 0.2) is 0 Å². The molecule has 0 aliphatic carbocycles. The zero-order chi connectivity index (χ0) is 15.8. The van der Waals surface area contributed by atoms with Crippen molar-refractivity contribution < 1.29 is 18.0 Å². The minimum atomic E-state index is -4.41. The van der Waals surface area contributed by atoms with Gasteiger partial charge in [-0.1, -0.05) is 18.2 Å². The number of amides is 1. The van der Waals surface area contributed by atoms with E-state index in [0.717, 1.165) is 12.1 Å². The summed E-state index contributed by atoms with van der Waals surface area (Å²) in [4.78, 5) is 11.5. The second-order valence-electron chi connectivity index (χ2n) is 4.66. The molecular formula is C15H13F3N2O. The lowest BCUT2D eigenvalue weighted by Crippen LogP contribution is -2.15. The molecule has 2 rings (SSSR count). The summed E-state index contributed by atoms with van der Waals surface area (Å²) in [6.45, 7) is 1.54. The number of alkyl halides is 3. The summed E-state index contributed by atoms with van der Waals surface area (Å²) in [7, 11) is 0. The molecule has 2 aromatic carbocycles. The number of anilines is 1. The Bertz CT molecular complexity index is 709. The molecule has 0 heterocycles. The molecule has 0 fully saturated rings. The number of halogens is 3. The summed E-state index contributed by atoms with van der Waals surface area (Å²) in [6, 6.07) is 8.06. The molecule has 0 saturated heterocycles. The molecular weight excluding hydrogens is 281 g/mol. The second kappa shape index (κ2) is 5.12. The number of carbonyl (C=O) groups is 1. The Kier molecular flexibility index (Phi) is 3.63. The number of primary amides is 1. The van der Waals surface area contributed by atoms with Gasteiger partial charge in [-0.2, -0.15) is 13.2 Å². The Morgan fingerprint density at radius 1 is 1.10 bits per heavy atom. The van der Waals surface area contributed by atoms with Crippen LogP contribution in [0.3, 0.4) is 0 Å². The largest absolute Gasteiger partial charge is 0.416 e. The van der Waals surface area contributed by atoms with Crippen molar-refractivity contribution in [1.29, 1.82) is 0 Å². The maximum absolute atomic E-state index is 12.7. The fraction of sp³-hybridized carbons (Fsp3) is 0.133. The van der Waals surface area contributed by atoms with Gasteiger partial charge in [0.2, 0.25) is 0 Å². The predicted octanol–water partition coefficient (Wildman–Crippen LogP) is 3.36. The third-order valence-corrected chi connectivity index (χ3v) is 3.19. The maximum atomic E-state index is 12.7. The fourth-order valence-electron chi connectivity index (χ4n) is 2.21. The van der Waals surface area contributed by atoms with E-state index in [9.17, 15) is 18.0 Å². The lowest BCUT2D eigenvalue weighted by molar-refractivity contribution is -0.137. The Hall–Kier alpha value is -2.50. The summed E-state index contributed by atoms with van der Waals surface area (Å²) < 4.78 is 38.0. The third-order valence-electron chi connectivity index (χ3n) is 3.19. The van der Waals surface area contributed by atoms with Gasteiger partial charge in [0.05, 0.1) is 11.1 Å². The number of hydrogen-bond acceptors (Lipinski definition) is 2. The number of rotatable bonds is 2. The van der Waals surface area contributed by atoms with Crippen molar-refractivity contribution >= 4 is 11.6 Å². The van der Waals surface area contributed by atoms with Crippen LogP contribution in [0.1, 0.15) is 21.5 Å². The minimum absolute atomic E-state index is 0.111. The van der Waals surface area contributed by atoms with E-state index in [4.69, 9.17) is 11.5 Å². The highest BCUT2D eigenvalue weighted by Gasteiger charge is 2.30. The first-order valence-electron chi connectivity index (χ1n) is 6.08. The van der Waals surface area contributed by atoms with Crippen LogP contribution in [0.2, 0.25) is 0 Å². The van der Waals surface area contributed by atoms with E-state index in [2.05, 4.69) is 0 Å². The molecule has 0 bridgehead atoms. The van der Waals surface area contributed by atoms with Gasteiger partial charge in [-0.25, -0.2) is 0 Å². The van der Waals surface area contributed by atoms with Gasteiger partial charge in [-0.05, 0) is 41.8 Å². The molecule has 0 radical (unpaired) electrons. The van der Waals surface area contributed by atoms with Crippen LogP contribution < -0.4 is 11.5 Å². The van der Waals surface area contributed by atoms with E-state index in [1.165, 1.54) is 12.1 Å². The van der Waals surface area contributed by atoms with Crippen LogP contribution in [-0.2, 0) is 6.18 Å². The van der Waals surface area contributed by atoms with Crippen LogP contribution in [0.25, 0.3) is 11.1 Å². The predicted molar refractivity (Wildman–Crippen MR) is 74.5 cm³/mol. The normalized spacial score (nSPS) is 11.4. The Morgan fingerprint density at radius 3 is 2.29 bits per heavy atom. The van der Waals surface area contributed by atoms with Crippen LogP contribution in [0.4, 0.5) is 18.9 Å². The molecule has 1 amide bonds. The van der Waals surface area contributed by atoms with Crippen molar-refractivity contribution in [3.63, 3.8) is 0 Å². The molecule has 0 aromatic heterocycles. The second-order valence-corrected chi connectivity index (χ2v) is 4.66. The van der Waals surface area contributed by atoms with Crippen molar-refractivity contribution in [2.45, 2.75) is 13.1 Å². The molecule has 4 N–H and O–H groups in total. The van der Waals surface area contributed by atoms with Crippen molar-refractivity contribution in [3.05, 3.63) is 53.1 Å². The Morgan fingerprint density at radius 2 is 1.76 bits per heavy atom. The van der Waals surface area contributed by atoms with Gasteiger partial charge in [-0.3, -0.25) is 4.79 Å². The highest BCUT2D eigenvalue weighted by atomic mass is 19.4. The summed E-state index contributed by atoms with van der Waals surface area (Å²) in [5.41, 5.74) is 11.9. The first kappa shape index (κ1) is 14.9. The van der Waals surface area contributed by atoms with E-state index < -0.39 is 17.6 Å². The van der Waals surface area contributed by atoms with Crippen molar-refractivity contribution in [2.24, 2.45) is 5.73 Å². The molecule has 0 spiro atoms. The van der Waals surface area contributed by atoms with Gasteiger partial charge in [0.1, 0.15) is 0 Å². The van der Waals surface area contributed by atoms with Gasteiger partial charge in [-0.15, -0.1) is 0 Å². The molecule has 2 aromatic rings. The highest BCUT2D eigenvalue weighted by Crippen LogP contribution is 2.35. The average molecular weight is 294 g/mol. The third kappa shape index (κ3) is 2.84. The number of hydrogen-bond donors (Lipinski definition) is 2. The number of nitrogen functional groups attached to an aromatic ring is 1. The van der Waals surface area contributed by atoms with E-state index in [-0.39, 0.29) is 11.3 Å². The molecule has 0 aliphatic heterocycles. The molecule has 0 atom stereocenters. The zero-order valence-corrected chi connectivity index (χ0v) is 11.2. The summed E-state index contributed by atoms with van der Waals surface area (Å²) >= 11 is 0. The Labute approximate surface area is 119 Å². The van der Waals surface area contributed by atoms with Crippen LogP contribution in [-0.4, -0.2) is 5.91 Å². The quantitative estimate of drug-likeness (QED) is 0.834. The monoisotopic (exact) mass is 294 g/mol. The van der Waals surface area contributed by atoms with Crippen molar-refractivity contribution in [3.8, 4) is 11.1 Å². The van der Waals surface area contributed by atoms with Crippen LogP contribution in [0, 0.1) is 6.92 Å². The van der Waals surface area contributed by atoms with Gasteiger partial charge >= 0.3 is 6.18 Å². The van der Waals surface area contributed by atoms with Crippen LogP contribution in [0.5, 0.6) is 0 Å². The molecule has 0 aliphatic rings. The van der Waals surface area contributed by atoms with Gasteiger partial charge < -0.3 is 11.5 Å². The SMILES string of the molecule is Cc1cc(C(F)(F)F)ccc1-c1cccc(N)c1C(N)=O. The first-order valence-corrected chi connectivity index (χ1v) is 6.08. The number of aryl methyl sites for hydroxylation is 1. The molecule has 3 nitrogen and oxygen atoms in total. The lowest BCUT2D eigenvalue weighted by Gasteiger charge is -2.14. The van der Waals surface area contributed by atoms with Crippen LogP contribution >= 0.6 is 0 Å². The fourth-order valence-corrected chi connectivity index (χ4v) is 2.21. The topological polar surface area (TPSA) is 69.1 Å². The van der Waals surface area contributed by atoms with Crippen LogP contribution in [0.15, 0.2) is 36.4 Å². The molecule has 21 heavy (non-hydrogen) atoms. The Balaban J connectivity index is 2.64. The maximum Gasteiger partial charge on any atom is 0.416 e. The van der Waals surface area contributed by atoms with E-state index in [0.29, 0.717) is 16.7 Å². The molecule has 110 valence electrons. The van der Waals surface area contributed by atoms with E-state index in [1.807, 2.05) is 0 Å².